The largest absolute Gasteiger partial charge is 0.372 e. The third-order valence-corrected chi connectivity index (χ3v) is 4.30. The molecule has 0 saturated carbocycles. The molecule has 25 heavy (non-hydrogen) atoms. The first kappa shape index (κ1) is 17.6. The van der Waals surface area contributed by atoms with Crippen molar-refractivity contribution in [2.45, 2.75) is 39.6 Å². The van der Waals surface area contributed by atoms with Crippen molar-refractivity contribution in [3.63, 3.8) is 0 Å². The number of rotatable bonds is 6. The van der Waals surface area contributed by atoms with Crippen LogP contribution in [0.3, 0.4) is 0 Å². The first-order valence-corrected chi connectivity index (χ1v) is 8.69. The number of nitrogens with zero attached hydrogens (tertiary/aromatic N) is 3. The summed E-state index contributed by atoms with van der Waals surface area (Å²) in [6.07, 6.45) is 1.95. The van der Waals surface area contributed by atoms with Gasteiger partial charge in [-0.3, -0.25) is 9.78 Å². The van der Waals surface area contributed by atoms with E-state index in [9.17, 15) is 4.79 Å². The van der Waals surface area contributed by atoms with E-state index >= 15 is 0 Å². The van der Waals surface area contributed by atoms with Crippen LogP contribution in [0.25, 0.3) is 0 Å². The van der Waals surface area contributed by atoms with Crippen LogP contribution >= 0.6 is 0 Å². The van der Waals surface area contributed by atoms with Crippen LogP contribution in [0.1, 0.15) is 24.0 Å². The molecular formula is C19H25N3O3. The molecule has 0 aliphatic carbocycles. The Bertz CT molecular complexity index is 713. The van der Waals surface area contributed by atoms with Gasteiger partial charge in [0, 0.05) is 30.7 Å². The summed E-state index contributed by atoms with van der Waals surface area (Å²) in [7, 11) is 0. The second-order valence-corrected chi connectivity index (χ2v) is 6.27. The Hall–Kier alpha value is -2.18. The lowest BCUT2D eigenvalue weighted by atomic mass is 10.3. The third kappa shape index (κ3) is 4.67. The van der Waals surface area contributed by atoms with Gasteiger partial charge in [0.25, 0.3) is 0 Å². The van der Waals surface area contributed by atoms with E-state index in [4.69, 9.17) is 9.47 Å². The number of hydrogen-bond acceptors (Lipinski definition) is 4. The molecule has 134 valence electrons. The SMILES string of the molecule is CCOCC(=O)N1Cc2cccn2CC(OCc2cccc(C)n2)C1. The Morgan fingerprint density at radius 1 is 1.28 bits per heavy atom. The average Bonchev–Trinajstić information content (AvgIpc) is 2.96. The maximum absolute atomic E-state index is 12.4. The first-order valence-electron chi connectivity index (χ1n) is 8.69. The molecule has 1 aliphatic rings. The predicted octanol–water partition coefficient (Wildman–Crippen LogP) is 2.16. The highest BCUT2D eigenvalue weighted by atomic mass is 16.5. The number of carbonyl (C=O) groups excluding carboxylic acids is 1. The maximum atomic E-state index is 12.4. The molecular weight excluding hydrogens is 318 g/mol. The molecule has 2 aromatic heterocycles. The molecule has 1 amide bonds. The predicted molar refractivity (Wildman–Crippen MR) is 93.9 cm³/mol. The van der Waals surface area contributed by atoms with Gasteiger partial charge in [-0.05, 0) is 38.1 Å². The smallest absolute Gasteiger partial charge is 0.249 e. The van der Waals surface area contributed by atoms with E-state index in [0.717, 1.165) is 23.6 Å². The lowest BCUT2D eigenvalue weighted by Gasteiger charge is -2.24. The van der Waals surface area contributed by atoms with Crippen LogP contribution in [-0.2, 0) is 34.0 Å². The summed E-state index contributed by atoms with van der Waals surface area (Å²) in [6.45, 7) is 6.82. The summed E-state index contributed by atoms with van der Waals surface area (Å²) in [5.74, 6) is -0.00113. The normalized spacial score (nSPS) is 17.2. The van der Waals surface area contributed by atoms with Crippen molar-refractivity contribution < 1.29 is 14.3 Å². The minimum absolute atomic E-state index is 0.00113. The number of carbonyl (C=O) groups is 1. The van der Waals surface area contributed by atoms with E-state index in [0.29, 0.717) is 26.3 Å². The minimum atomic E-state index is -0.0819. The van der Waals surface area contributed by atoms with Crippen molar-refractivity contribution in [2.75, 3.05) is 19.8 Å². The number of aromatic nitrogens is 2. The Morgan fingerprint density at radius 3 is 2.96 bits per heavy atom. The molecule has 2 aromatic rings. The average molecular weight is 343 g/mol. The number of ether oxygens (including phenoxy) is 2. The van der Waals surface area contributed by atoms with E-state index in [-0.39, 0.29) is 18.6 Å². The number of pyridine rings is 1. The van der Waals surface area contributed by atoms with Gasteiger partial charge in [0.1, 0.15) is 6.61 Å². The van der Waals surface area contributed by atoms with Crippen LogP contribution in [0, 0.1) is 6.92 Å². The number of aryl methyl sites for hydroxylation is 1. The van der Waals surface area contributed by atoms with Crippen molar-refractivity contribution in [1.29, 1.82) is 0 Å². The summed E-state index contributed by atoms with van der Waals surface area (Å²) in [6, 6.07) is 9.96. The van der Waals surface area contributed by atoms with E-state index in [2.05, 4.69) is 9.55 Å². The van der Waals surface area contributed by atoms with Gasteiger partial charge < -0.3 is 18.9 Å². The van der Waals surface area contributed by atoms with E-state index in [1.54, 1.807) is 0 Å². The van der Waals surface area contributed by atoms with Crippen LogP contribution < -0.4 is 0 Å². The zero-order valence-electron chi connectivity index (χ0n) is 14.9. The molecule has 3 rings (SSSR count). The second kappa shape index (κ2) is 8.27. The fraction of sp³-hybridized carbons (Fsp3) is 0.474. The Morgan fingerprint density at radius 2 is 2.16 bits per heavy atom. The van der Waals surface area contributed by atoms with E-state index in [1.165, 1.54) is 0 Å². The van der Waals surface area contributed by atoms with E-state index in [1.807, 2.05) is 55.3 Å². The van der Waals surface area contributed by atoms with Gasteiger partial charge in [0.15, 0.2) is 0 Å². The van der Waals surface area contributed by atoms with Crippen molar-refractivity contribution >= 4 is 5.91 Å². The highest BCUT2D eigenvalue weighted by Crippen LogP contribution is 2.16. The molecule has 0 spiro atoms. The van der Waals surface area contributed by atoms with Crippen LogP contribution in [0.2, 0.25) is 0 Å². The van der Waals surface area contributed by atoms with E-state index < -0.39 is 0 Å². The highest BCUT2D eigenvalue weighted by molar-refractivity contribution is 5.77. The van der Waals surface area contributed by atoms with Gasteiger partial charge in [0.2, 0.25) is 5.91 Å². The molecule has 6 heteroatoms. The number of hydrogen-bond donors (Lipinski definition) is 0. The Labute approximate surface area is 148 Å². The van der Waals surface area contributed by atoms with Crippen LogP contribution in [0.4, 0.5) is 0 Å². The van der Waals surface area contributed by atoms with Gasteiger partial charge >= 0.3 is 0 Å². The molecule has 3 heterocycles. The molecule has 1 unspecified atom stereocenters. The summed E-state index contributed by atoms with van der Waals surface area (Å²) in [4.78, 5) is 18.7. The van der Waals surface area contributed by atoms with Crippen LogP contribution in [0.15, 0.2) is 36.5 Å². The van der Waals surface area contributed by atoms with Crippen LogP contribution in [0.5, 0.6) is 0 Å². The maximum Gasteiger partial charge on any atom is 0.249 e. The quantitative estimate of drug-likeness (QED) is 0.806. The summed E-state index contributed by atoms with van der Waals surface area (Å²) in [5, 5.41) is 0. The van der Waals surface area contributed by atoms with Crippen LogP contribution in [-0.4, -0.2) is 46.2 Å². The molecule has 1 aliphatic heterocycles. The van der Waals surface area contributed by atoms with Gasteiger partial charge in [-0.2, -0.15) is 0 Å². The molecule has 1 atom stereocenters. The standard InChI is InChI=1S/C19H25N3O3/c1-3-24-14-19(23)22-10-17-8-5-9-21(17)11-18(12-22)25-13-16-7-4-6-15(2)20-16/h4-9,18H,3,10-14H2,1-2H3. The summed E-state index contributed by atoms with van der Waals surface area (Å²) < 4.78 is 13.5. The van der Waals surface area contributed by atoms with Gasteiger partial charge in [-0.25, -0.2) is 0 Å². The third-order valence-electron chi connectivity index (χ3n) is 4.30. The Kier molecular flexibility index (Phi) is 5.83. The Balaban J connectivity index is 1.68. The summed E-state index contributed by atoms with van der Waals surface area (Å²) >= 11 is 0. The number of fused-ring (bicyclic) bond motifs is 1. The van der Waals surface area contributed by atoms with Crippen molar-refractivity contribution in [3.05, 3.63) is 53.6 Å². The fourth-order valence-electron chi connectivity index (χ4n) is 3.01. The zero-order valence-corrected chi connectivity index (χ0v) is 14.9. The van der Waals surface area contributed by atoms with Gasteiger partial charge in [-0.1, -0.05) is 6.07 Å². The fourth-order valence-corrected chi connectivity index (χ4v) is 3.01. The molecule has 0 N–H and O–H groups in total. The molecule has 6 nitrogen and oxygen atoms in total. The molecule has 0 aromatic carbocycles. The molecule has 0 bridgehead atoms. The molecule has 0 fully saturated rings. The lowest BCUT2D eigenvalue weighted by Crippen LogP contribution is -2.39. The highest BCUT2D eigenvalue weighted by Gasteiger charge is 2.25. The van der Waals surface area contributed by atoms with Gasteiger partial charge in [0.05, 0.1) is 31.5 Å². The van der Waals surface area contributed by atoms with Gasteiger partial charge in [-0.15, -0.1) is 0 Å². The zero-order chi connectivity index (χ0) is 17.6. The topological polar surface area (TPSA) is 56.6 Å². The number of amides is 1. The van der Waals surface area contributed by atoms with Crippen molar-refractivity contribution in [1.82, 2.24) is 14.5 Å². The summed E-state index contributed by atoms with van der Waals surface area (Å²) in [5.41, 5.74) is 3.00. The van der Waals surface area contributed by atoms with Crippen molar-refractivity contribution in [2.24, 2.45) is 0 Å². The van der Waals surface area contributed by atoms with Crippen molar-refractivity contribution in [3.8, 4) is 0 Å². The first-order chi connectivity index (χ1) is 12.2. The lowest BCUT2D eigenvalue weighted by molar-refractivity contribution is -0.138. The second-order valence-electron chi connectivity index (χ2n) is 6.27. The monoisotopic (exact) mass is 343 g/mol. The minimum Gasteiger partial charge on any atom is -0.372 e. The molecule has 0 saturated heterocycles. The molecule has 0 radical (unpaired) electrons.